The third kappa shape index (κ3) is 3.34. The number of thioether (sulfide) groups is 1. The van der Waals surface area contributed by atoms with Crippen LogP contribution in [0.3, 0.4) is 0 Å². The predicted octanol–water partition coefficient (Wildman–Crippen LogP) is 2.20. The number of benzene rings is 1. The maximum absolute atomic E-state index is 12.2. The monoisotopic (exact) mass is 314 g/mol. The summed E-state index contributed by atoms with van der Waals surface area (Å²) in [7, 11) is -3.59. The number of rotatable bonds is 2. The molecule has 1 aromatic rings. The molecule has 7 heteroatoms. The molecule has 2 N–H and O–H groups in total. The van der Waals surface area contributed by atoms with Crippen molar-refractivity contribution < 1.29 is 13.2 Å². The van der Waals surface area contributed by atoms with E-state index in [1.165, 1.54) is 17.8 Å². The SMILES string of the molecule is CC1Sc2ccc(S(=O)(=O)NC(C)(C)C)cc2NC1=O. The molecule has 1 atom stereocenters. The van der Waals surface area contributed by atoms with Gasteiger partial charge < -0.3 is 5.32 Å². The molecule has 0 aliphatic carbocycles. The summed E-state index contributed by atoms with van der Waals surface area (Å²) in [5.41, 5.74) is -0.00350. The number of fused-ring (bicyclic) bond motifs is 1. The van der Waals surface area contributed by atoms with Crippen molar-refractivity contribution in [2.45, 2.75) is 48.3 Å². The van der Waals surface area contributed by atoms with Gasteiger partial charge in [-0.15, -0.1) is 11.8 Å². The number of hydrogen-bond acceptors (Lipinski definition) is 4. The molecule has 1 aliphatic rings. The molecular formula is C13H18N2O3S2. The Balaban J connectivity index is 2.37. The smallest absolute Gasteiger partial charge is 0.241 e. The zero-order chi connectivity index (χ0) is 15.1. The van der Waals surface area contributed by atoms with Crippen LogP contribution in [0.15, 0.2) is 28.0 Å². The lowest BCUT2D eigenvalue weighted by molar-refractivity contribution is -0.115. The van der Waals surface area contributed by atoms with E-state index in [1.54, 1.807) is 32.9 Å². The molecule has 1 heterocycles. The van der Waals surface area contributed by atoms with Crippen molar-refractivity contribution in [1.29, 1.82) is 0 Å². The van der Waals surface area contributed by atoms with Gasteiger partial charge in [0.05, 0.1) is 15.8 Å². The topological polar surface area (TPSA) is 75.3 Å². The Kier molecular flexibility index (Phi) is 3.88. The molecule has 110 valence electrons. The minimum Gasteiger partial charge on any atom is -0.324 e. The third-order valence-electron chi connectivity index (χ3n) is 2.63. The van der Waals surface area contributed by atoms with Gasteiger partial charge in [-0.1, -0.05) is 0 Å². The van der Waals surface area contributed by atoms with Gasteiger partial charge >= 0.3 is 0 Å². The second-order valence-corrected chi connectivity index (χ2v) is 8.83. The first kappa shape index (κ1) is 15.3. The van der Waals surface area contributed by atoms with E-state index < -0.39 is 15.6 Å². The summed E-state index contributed by atoms with van der Waals surface area (Å²) in [6.45, 7) is 7.15. The highest BCUT2D eigenvalue weighted by Gasteiger charge is 2.26. The van der Waals surface area contributed by atoms with E-state index >= 15 is 0 Å². The van der Waals surface area contributed by atoms with Crippen molar-refractivity contribution in [2.24, 2.45) is 0 Å². The number of amides is 1. The summed E-state index contributed by atoms with van der Waals surface area (Å²) in [6, 6.07) is 4.79. The van der Waals surface area contributed by atoms with Crippen LogP contribution in [0.25, 0.3) is 0 Å². The fraction of sp³-hybridized carbons (Fsp3) is 0.462. The number of anilines is 1. The van der Waals surface area contributed by atoms with Crippen molar-refractivity contribution in [2.75, 3.05) is 5.32 Å². The lowest BCUT2D eigenvalue weighted by Crippen LogP contribution is -2.40. The molecule has 2 rings (SSSR count). The second kappa shape index (κ2) is 5.05. The lowest BCUT2D eigenvalue weighted by atomic mass is 10.1. The van der Waals surface area contributed by atoms with E-state index in [-0.39, 0.29) is 16.1 Å². The first-order valence-corrected chi connectivity index (χ1v) is 8.60. The minimum absolute atomic E-state index is 0.110. The fourth-order valence-electron chi connectivity index (χ4n) is 1.82. The van der Waals surface area contributed by atoms with E-state index in [1.807, 2.05) is 6.92 Å². The second-order valence-electron chi connectivity index (χ2n) is 5.76. The number of carbonyl (C=O) groups is 1. The maximum atomic E-state index is 12.2. The average Bonchev–Trinajstić information content (AvgIpc) is 2.26. The molecule has 0 aromatic heterocycles. The summed E-state index contributed by atoms with van der Waals surface area (Å²) in [6.07, 6.45) is 0. The van der Waals surface area contributed by atoms with Crippen LogP contribution in [0.5, 0.6) is 0 Å². The maximum Gasteiger partial charge on any atom is 0.241 e. The molecular weight excluding hydrogens is 296 g/mol. The Morgan fingerprint density at radius 3 is 2.55 bits per heavy atom. The van der Waals surface area contributed by atoms with Gasteiger partial charge in [0.2, 0.25) is 15.9 Å². The van der Waals surface area contributed by atoms with Gasteiger partial charge in [0.25, 0.3) is 0 Å². The van der Waals surface area contributed by atoms with E-state index in [2.05, 4.69) is 10.0 Å². The Labute approximate surface area is 123 Å². The summed E-state index contributed by atoms with van der Waals surface area (Å²) >= 11 is 1.43. The lowest BCUT2D eigenvalue weighted by Gasteiger charge is -2.23. The van der Waals surface area contributed by atoms with Crippen LogP contribution in [0.2, 0.25) is 0 Å². The standard InChI is InChI=1S/C13H18N2O3S2/c1-8-12(16)14-10-7-9(5-6-11(10)19-8)20(17,18)15-13(2,3)4/h5-8,15H,1-4H3,(H,14,16). The zero-order valence-electron chi connectivity index (χ0n) is 11.9. The van der Waals surface area contributed by atoms with Crippen molar-refractivity contribution >= 4 is 33.4 Å². The van der Waals surface area contributed by atoms with Crippen molar-refractivity contribution in [3.8, 4) is 0 Å². The number of sulfonamides is 1. The fourth-order valence-corrected chi connectivity index (χ4v) is 4.19. The highest BCUT2D eigenvalue weighted by molar-refractivity contribution is 8.01. The number of carbonyl (C=O) groups excluding carboxylic acids is 1. The third-order valence-corrected chi connectivity index (χ3v) is 5.57. The van der Waals surface area contributed by atoms with Gasteiger partial charge in [-0.25, -0.2) is 13.1 Å². The molecule has 1 amide bonds. The summed E-state index contributed by atoms with van der Waals surface area (Å²) in [5, 5.41) is 2.56. The molecule has 0 saturated carbocycles. The Morgan fingerprint density at radius 2 is 1.95 bits per heavy atom. The molecule has 1 aromatic carbocycles. The molecule has 0 bridgehead atoms. The quantitative estimate of drug-likeness (QED) is 0.877. The van der Waals surface area contributed by atoms with Crippen LogP contribution in [0, 0.1) is 0 Å². The molecule has 1 aliphatic heterocycles. The van der Waals surface area contributed by atoms with Crippen LogP contribution >= 0.6 is 11.8 Å². The highest BCUT2D eigenvalue weighted by atomic mass is 32.2. The first-order chi connectivity index (χ1) is 9.08. The van der Waals surface area contributed by atoms with Gasteiger partial charge in [0, 0.05) is 10.4 Å². The van der Waals surface area contributed by atoms with E-state index in [0.717, 1.165) is 4.90 Å². The van der Waals surface area contributed by atoms with Crippen molar-refractivity contribution in [3.63, 3.8) is 0 Å². The van der Waals surface area contributed by atoms with E-state index in [9.17, 15) is 13.2 Å². The Bertz CT molecular complexity index is 648. The van der Waals surface area contributed by atoms with Crippen LogP contribution in [0.1, 0.15) is 27.7 Å². The van der Waals surface area contributed by atoms with Gasteiger partial charge in [-0.3, -0.25) is 4.79 Å². The number of hydrogen-bond donors (Lipinski definition) is 2. The van der Waals surface area contributed by atoms with Crippen molar-refractivity contribution in [1.82, 2.24) is 4.72 Å². The van der Waals surface area contributed by atoms with Crippen LogP contribution in [-0.2, 0) is 14.8 Å². The van der Waals surface area contributed by atoms with E-state index in [0.29, 0.717) is 5.69 Å². The Morgan fingerprint density at radius 1 is 1.30 bits per heavy atom. The molecule has 20 heavy (non-hydrogen) atoms. The Hall–Kier alpha value is -1.05. The van der Waals surface area contributed by atoms with E-state index in [4.69, 9.17) is 0 Å². The van der Waals surface area contributed by atoms with Crippen molar-refractivity contribution in [3.05, 3.63) is 18.2 Å². The zero-order valence-corrected chi connectivity index (χ0v) is 13.5. The first-order valence-electron chi connectivity index (χ1n) is 6.24. The summed E-state index contributed by atoms with van der Waals surface area (Å²) in [4.78, 5) is 12.7. The minimum atomic E-state index is -3.59. The highest BCUT2D eigenvalue weighted by Crippen LogP contribution is 2.36. The van der Waals surface area contributed by atoms with Gasteiger partial charge in [0.15, 0.2) is 0 Å². The van der Waals surface area contributed by atoms with Gasteiger partial charge in [-0.2, -0.15) is 0 Å². The molecule has 0 fully saturated rings. The van der Waals surface area contributed by atoms with Crippen LogP contribution < -0.4 is 10.0 Å². The molecule has 0 radical (unpaired) electrons. The molecule has 1 unspecified atom stereocenters. The van der Waals surface area contributed by atoms with Crippen LogP contribution in [-0.4, -0.2) is 25.1 Å². The van der Waals surface area contributed by atoms with Gasteiger partial charge in [-0.05, 0) is 45.9 Å². The van der Waals surface area contributed by atoms with Gasteiger partial charge in [0.1, 0.15) is 0 Å². The molecule has 0 spiro atoms. The number of nitrogens with one attached hydrogen (secondary N) is 2. The van der Waals surface area contributed by atoms with Crippen LogP contribution in [0.4, 0.5) is 5.69 Å². The normalized spacial score (nSPS) is 19.4. The predicted molar refractivity (Wildman–Crippen MR) is 80.5 cm³/mol. The molecule has 5 nitrogen and oxygen atoms in total. The summed E-state index contributed by atoms with van der Waals surface area (Å²) < 4.78 is 27.1. The largest absolute Gasteiger partial charge is 0.324 e. The molecule has 0 saturated heterocycles. The average molecular weight is 314 g/mol. The summed E-state index contributed by atoms with van der Waals surface area (Å²) in [5.74, 6) is -0.110.